The van der Waals surface area contributed by atoms with Gasteiger partial charge in [-0.05, 0) is 20.8 Å². The van der Waals surface area contributed by atoms with Crippen molar-refractivity contribution in [3.63, 3.8) is 0 Å². The van der Waals surface area contributed by atoms with Gasteiger partial charge in [-0.3, -0.25) is 4.99 Å². The van der Waals surface area contributed by atoms with Crippen molar-refractivity contribution in [2.45, 2.75) is 44.9 Å². The average Bonchev–Trinajstić information content (AvgIpc) is 2.44. The smallest absolute Gasteiger partial charge is 0.188 e. The number of hydrogen-bond acceptors (Lipinski definition) is 3. The second-order valence-corrected chi connectivity index (χ2v) is 4.37. The number of nitrogens with two attached hydrogens (primary N) is 1. The third kappa shape index (κ3) is 4.42. The second-order valence-electron chi connectivity index (χ2n) is 4.37. The van der Waals surface area contributed by atoms with Gasteiger partial charge in [0.15, 0.2) is 5.96 Å². The summed E-state index contributed by atoms with van der Waals surface area (Å²) in [7, 11) is 0. The number of guanidine groups is 1. The third-order valence-electron chi connectivity index (χ3n) is 2.62. The number of hydrogen-bond donors (Lipinski definition) is 3. The quantitative estimate of drug-likeness (QED) is 0.395. The number of ether oxygens (including phenoxy) is 1. The van der Waals surface area contributed by atoms with Crippen molar-refractivity contribution in [3.8, 4) is 0 Å². The van der Waals surface area contributed by atoms with E-state index < -0.39 is 5.60 Å². The van der Waals surface area contributed by atoms with Crippen LogP contribution in [0.4, 0.5) is 0 Å². The first kappa shape index (κ1) is 15.9. The lowest BCUT2D eigenvalue weighted by atomic mass is 9.97. The fourth-order valence-corrected chi connectivity index (χ4v) is 1.54. The molecule has 0 bridgehead atoms. The molecule has 2 atom stereocenters. The average molecular weight is 343 g/mol. The molecule has 4 N–H and O–H groups in total. The molecule has 0 aromatic rings. The monoisotopic (exact) mass is 343 g/mol. The maximum absolute atomic E-state index is 10.1. The van der Waals surface area contributed by atoms with Gasteiger partial charge >= 0.3 is 0 Å². The number of nitrogens with zero attached hydrogens (tertiary/aromatic N) is 1. The Morgan fingerprint density at radius 1 is 1.69 bits per heavy atom. The normalized spacial score (nSPS) is 30.3. The molecule has 0 radical (unpaired) electrons. The first-order valence-electron chi connectivity index (χ1n) is 5.34. The minimum Gasteiger partial charge on any atom is -0.385 e. The summed E-state index contributed by atoms with van der Waals surface area (Å²) in [6.07, 6.45) is 0.445. The van der Waals surface area contributed by atoms with Gasteiger partial charge in [0.25, 0.3) is 0 Å². The molecule has 0 saturated carbocycles. The van der Waals surface area contributed by atoms with Crippen LogP contribution in [0.3, 0.4) is 0 Å². The summed E-state index contributed by atoms with van der Waals surface area (Å²) in [6.45, 7) is 6.70. The van der Waals surface area contributed by atoms with Crippen molar-refractivity contribution in [3.05, 3.63) is 0 Å². The van der Waals surface area contributed by atoms with E-state index >= 15 is 0 Å². The third-order valence-corrected chi connectivity index (χ3v) is 2.62. The van der Waals surface area contributed by atoms with Crippen molar-refractivity contribution in [1.82, 2.24) is 5.32 Å². The van der Waals surface area contributed by atoms with E-state index in [0.29, 0.717) is 25.5 Å². The first-order chi connectivity index (χ1) is 6.94. The summed E-state index contributed by atoms with van der Waals surface area (Å²) in [5, 5.41) is 13.1. The predicted molar refractivity (Wildman–Crippen MR) is 75.2 cm³/mol. The van der Waals surface area contributed by atoms with Crippen molar-refractivity contribution < 1.29 is 9.84 Å². The van der Waals surface area contributed by atoms with Gasteiger partial charge in [0.2, 0.25) is 0 Å². The lowest BCUT2D eigenvalue weighted by Gasteiger charge is -2.24. The molecule has 6 heteroatoms. The molecule has 0 spiro atoms. The van der Waals surface area contributed by atoms with Gasteiger partial charge in [0, 0.05) is 19.1 Å². The number of aliphatic imine (C=N–C) groups is 1. The van der Waals surface area contributed by atoms with E-state index in [1.54, 1.807) is 0 Å². The Bertz CT molecular complexity index is 248. The highest BCUT2D eigenvalue weighted by molar-refractivity contribution is 14.0. The van der Waals surface area contributed by atoms with Crippen LogP contribution in [-0.2, 0) is 4.74 Å². The highest BCUT2D eigenvalue weighted by Crippen LogP contribution is 2.25. The molecule has 1 aliphatic heterocycles. The van der Waals surface area contributed by atoms with Crippen LogP contribution in [0.5, 0.6) is 0 Å². The Kier molecular flexibility index (Phi) is 6.57. The first-order valence-corrected chi connectivity index (χ1v) is 5.34. The van der Waals surface area contributed by atoms with Crippen molar-refractivity contribution in [2.24, 2.45) is 10.7 Å². The van der Waals surface area contributed by atoms with Gasteiger partial charge in [-0.1, -0.05) is 0 Å². The van der Waals surface area contributed by atoms with Gasteiger partial charge < -0.3 is 20.9 Å². The van der Waals surface area contributed by atoms with Crippen LogP contribution in [0.25, 0.3) is 0 Å². The van der Waals surface area contributed by atoms with E-state index in [1.807, 2.05) is 20.8 Å². The Morgan fingerprint density at radius 3 is 2.75 bits per heavy atom. The summed E-state index contributed by atoms with van der Waals surface area (Å²) in [6, 6.07) is 0.251. The van der Waals surface area contributed by atoms with Gasteiger partial charge in [-0.2, -0.15) is 0 Å². The molecule has 0 aliphatic carbocycles. The van der Waals surface area contributed by atoms with E-state index in [1.165, 1.54) is 0 Å². The van der Waals surface area contributed by atoms with Crippen LogP contribution in [0.15, 0.2) is 4.99 Å². The minimum absolute atomic E-state index is 0. The highest BCUT2D eigenvalue weighted by atomic mass is 127. The van der Waals surface area contributed by atoms with Crippen LogP contribution in [-0.4, -0.2) is 42.0 Å². The van der Waals surface area contributed by atoms with E-state index in [0.717, 1.165) is 0 Å². The molecule has 0 aromatic carbocycles. The molecular weight excluding hydrogens is 321 g/mol. The zero-order chi connectivity index (χ0) is 11.5. The fraction of sp³-hybridized carbons (Fsp3) is 0.900. The molecule has 0 amide bonds. The van der Waals surface area contributed by atoms with Crippen LogP contribution in [0, 0.1) is 0 Å². The van der Waals surface area contributed by atoms with Crippen molar-refractivity contribution >= 4 is 29.9 Å². The summed E-state index contributed by atoms with van der Waals surface area (Å²) in [5.41, 5.74) is 4.79. The number of aliphatic hydroxyl groups is 1. The van der Waals surface area contributed by atoms with E-state index in [9.17, 15) is 5.11 Å². The summed E-state index contributed by atoms with van der Waals surface area (Å²) >= 11 is 0. The molecule has 1 saturated heterocycles. The standard InChI is InChI=1S/C10H21N3O2.HI/c1-7(2)13-9(11)12-6-10(14)4-5-15-8(10)3;/h7-8,14H,4-6H2,1-3H3,(H3,11,12,13);1H. The Labute approximate surface area is 114 Å². The molecule has 0 aromatic heterocycles. The van der Waals surface area contributed by atoms with Crippen LogP contribution in [0.1, 0.15) is 27.2 Å². The molecule has 16 heavy (non-hydrogen) atoms. The van der Waals surface area contributed by atoms with Crippen molar-refractivity contribution in [2.75, 3.05) is 13.2 Å². The topological polar surface area (TPSA) is 79.9 Å². The molecule has 1 aliphatic rings. The Morgan fingerprint density at radius 2 is 2.31 bits per heavy atom. The lowest BCUT2D eigenvalue weighted by molar-refractivity contribution is -0.0201. The largest absolute Gasteiger partial charge is 0.385 e. The number of rotatable bonds is 3. The molecule has 2 unspecified atom stereocenters. The van der Waals surface area contributed by atoms with Gasteiger partial charge in [0.1, 0.15) is 5.60 Å². The molecular formula is C10H22IN3O2. The molecule has 1 rings (SSSR count). The summed E-state index contributed by atoms with van der Waals surface area (Å²) in [5.74, 6) is 0.373. The zero-order valence-corrected chi connectivity index (χ0v) is 12.4. The second kappa shape index (κ2) is 6.61. The predicted octanol–water partition coefficient (Wildman–Crippen LogP) is 0.457. The lowest BCUT2D eigenvalue weighted by Crippen LogP contribution is -2.42. The number of halogens is 1. The summed E-state index contributed by atoms with van der Waals surface area (Å²) < 4.78 is 5.30. The van der Waals surface area contributed by atoms with Crippen LogP contribution in [0.2, 0.25) is 0 Å². The SMILES string of the molecule is CC(C)NC(N)=NCC1(O)CCOC1C.I. The van der Waals surface area contributed by atoms with Crippen molar-refractivity contribution in [1.29, 1.82) is 0 Å². The minimum atomic E-state index is -0.858. The maximum atomic E-state index is 10.1. The number of nitrogens with one attached hydrogen (secondary N) is 1. The Hall–Kier alpha value is -0.0800. The molecule has 1 heterocycles. The van der Waals surface area contributed by atoms with E-state index in [-0.39, 0.29) is 36.1 Å². The Balaban J connectivity index is 0.00000225. The summed E-state index contributed by atoms with van der Waals surface area (Å²) in [4.78, 5) is 4.12. The van der Waals surface area contributed by atoms with E-state index in [4.69, 9.17) is 10.5 Å². The zero-order valence-electron chi connectivity index (χ0n) is 10.1. The van der Waals surface area contributed by atoms with Crippen LogP contribution >= 0.6 is 24.0 Å². The van der Waals surface area contributed by atoms with Gasteiger partial charge in [-0.25, -0.2) is 0 Å². The van der Waals surface area contributed by atoms with Gasteiger partial charge in [-0.15, -0.1) is 24.0 Å². The van der Waals surface area contributed by atoms with E-state index in [2.05, 4.69) is 10.3 Å². The molecule has 1 fully saturated rings. The maximum Gasteiger partial charge on any atom is 0.188 e. The van der Waals surface area contributed by atoms with Crippen LogP contribution < -0.4 is 11.1 Å². The fourth-order valence-electron chi connectivity index (χ4n) is 1.54. The molecule has 96 valence electrons. The highest BCUT2D eigenvalue weighted by Gasteiger charge is 2.39. The van der Waals surface area contributed by atoms with Gasteiger partial charge in [0.05, 0.1) is 12.6 Å². The molecule has 5 nitrogen and oxygen atoms in total.